The molecule has 0 spiro atoms. The van der Waals surface area contributed by atoms with Crippen molar-refractivity contribution in [3.8, 4) is 0 Å². The molecule has 1 amide bonds. The van der Waals surface area contributed by atoms with Crippen molar-refractivity contribution >= 4 is 17.7 Å². The van der Waals surface area contributed by atoms with Crippen LogP contribution in [0.25, 0.3) is 0 Å². The molecule has 3 heteroatoms. The highest BCUT2D eigenvalue weighted by atomic mass is 32.2. The lowest BCUT2D eigenvalue weighted by Crippen LogP contribution is -2.33. The van der Waals surface area contributed by atoms with Crippen molar-refractivity contribution in [2.24, 2.45) is 0 Å². The number of nitrogens with one attached hydrogen (secondary N) is 1. The Labute approximate surface area is 131 Å². The van der Waals surface area contributed by atoms with E-state index >= 15 is 0 Å². The Morgan fingerprint density at radius 1 is 1.00 bits per heavy atom. The van der Waals surface area contributed by atoms with E-state index in [4.69, 9.17) is 0 Å². The number of hydrogen-bond donors (Lipinski definition) is 1. The Kier molecular flexibility index (Phi) is 5.88. The molecule has 2 atom stereocenters. The zero-order valence-electron chi connectivity index (χ0n) is 12.5. The standard InChI is InChI=1S/C18H21NOS/c1-14(17-11-7-4-8-12-17)19-18(20)15(2)21-13-16-9-5-3-6-10-16/h3-12,14-15H,13H2,1-2H3,(H,19,20)/t14-,15?/m1/s1. The third-order valence-corrected chi connectivity index (χ3v) is 4.58. The topological polar surface area (TPSA) is 29.1 Å². The lowest BCUT2D eigenvalue weighted by Gasteiger charge is -2.17. The molecule has 0 saturated carbocycles. The SMILES string of the molecule is CC(SCc1ccccc1)C(=O)N[C@H](C)c1ccccc1. The Morgan fingerprint density at radius 2 is 1.57 bits per heavy atom. The minimum absolute atomic E-state index is 0.0403. The second kappa shape index (κ2) is 7.89. The number of thioether (sulfide) groups is 1. The molecule has 110 valence electrons. The van der Waals surface area contributed by atoms with E-state index < -0.39 is 0 Å². The Hall–Kier alpha value is -1.74. The van der Waals surface area contributed by atoms with Gasteiger partial charge in [-0.2, -0.15) is 0 Å². The van der Waals surface area contributed by atoms with Crippen LogP contribution in [0.4, 0.5) is 0 Å². The molecular weight excluding hydrogens is 278 g/mol. The molecule has 0 aliphatic heterocycles. The van der Waals surface area contributed by atoms with E-state index in [0.717, 1.165) is 11.3 Å². The van der Waals surface area contributed by atoms with Gasteiger partial charge in [-0.25, -0.2) is 0 Å². The second-order valence-corrected chi connectivity index (χ2v) is 6.41. The van der Waals surface area contributed by atoms with Gasteiger partial charge in [0.15, 0.2) is 0 Å². The first-order valence-corrected chi connectivity index (χ1v) is 8.22. The molecule has 0 aromatic heterocycles. The van der Waals surface area contributed by atoms with Gasteiger partial charge >= 0.3 is 0 Å². The first-order valence-electron chi connectivity index (χ1n) is 7.17. The minimum atomic E-state index is -0.0589. The van der Waals surface area contributed by atoms with Crippen molar-refractivity contribution in [1.29, 1.82) is 0 Å². The summed E-state index contributed by atoms with van der Waals surface area (Å²) in [5, 5.41) is 3.01. The first-order chi connectivity index (χ1) is 10.2. The molecule has 0 heterocycles. The summed E-state index contributed by atoms with van der Waals surface area (Å²) in [6.07, 6.45) is 0. The van der Waals surface area contributed by atoms with Gasteiger partial charge in [0, 0.05) is 5.75 Å². The fraction of sp³-hybridized carbons (Fsp3) is 0.278. The summed E-state index contributed by atoms with van der Waals surface area (Å²) in [5.74, 6) is 0.946. The van der Waals surface area contributed by atoms with Gasteiger partial charge in [0.1, 0.15) is 0 Å². The lowest BCUT2D eigenvalue weighted by molar-refractivity contribution is -0.120. The average molecular weight is 299 g/mol. The monoisotopic (exact) mass is 299 g/mol. The van der Waals surface area contributed by atoms with Gasteiger partial charge in [-0.05, 0) is 25.0 Å². The van der Waals surface area contributed by atoms with E-state index in [-0.39, 0.29) is 17.2 Å². The predicted octanol–water partition coefficient (Wildman–Crippen LogP) is 4.19. The fourth-order valence-electron chi connectivity index (χ4n) is 2.03. The highest BCUT2D eigenvalue weighted by Crippen LogP contribution is 2.19. The maximum atomic E-state index is 12.2. The van der Waals surface area contributed by atoms with Crippen LogP contribution in [0, 0.1) is 0 Å². The molecule has 2 nitrogen and oxygen atoms in total. The highest BCUT2D eigenvalue weighted by Gasteiger charge is 2.16. The second-order valence-electron chi connectivity index (χ2n) is 5.08. The molecule has 0 aliphatic carbocycles. The molecule has 2 rings (SSSR count). The van der Waals surface area contributed by atoms with Crippen LogP contribution in [0.1, 0.15) is 31.0 Å². The summed E-state index contributed by atoms with van der Waals surface area (Å²) < 4.78 is 0. The zero-order valence-corrected chi connectivity index (χ0v) is 13.3. The smallest absolute Gasteiger partial charge is 0.233 e. The summed E-state index contributed by atoms with van der Waals surface area (Å²) in [4.78, 5) is 12.2. The third kappa shape index (κ3) is 4.94. The Morgan fingerprint density at radius 3 is 2.19 bits per heavy atom. The Balaban J connectivity index is 1.82. The lowest BCUT2D eigenvalue weighted by atomic mass is 10.1. The van der Waals surface area contributed by atoms with Crippen molar-refractivity contribution in [2.75, 3.05) is 0 Å². The molecule has 2 aromatic rings. The van der Waals surface area contributed by atoms with Crippen molar-refractivity contribution in [3.05, 3.63) is 71.8 Å². The number of rotatable bonds is 6. The maximum Gasteiger partial charge on any atom is 0.233 e. The van der Waals surface area contributed by atoms with E-state index in [0.29, 0.717) is 0 Å². The van der Waals surface area contributed by atoms with E-state index in [1.54, 1.807) is 11.8 Å². The molecule has 0 aliphatic rings. The van der Waals surface area contributed by atoms with E-state index in [1.807, 2.05) is 62.4 Å². The maximum absolute atomic E-state index is 12.2. The highest BCUT2D eigenvalue weighted by molar-refractivity contribution is 7.99. The van der Waals surface area contributed by atoms with Crippen molar-refractivity contribution in [1.82, 2.24) is 5.32 Å². The summed E-state index contributed by atoms with van der Waals surface area (Å²) in [6.45, 7) is 3.97. The summed E-state index contributed by atoms with van der Waals surface area (Å²) in [6, 6.07) is 20.3. The van der Waals surface area contributed by atoms with Crippen molar-refractivity contribution in [3.63, 3.8) is 0 Å². The normalized spacial score (nSPS) is 13.4. The fourth-order valence-corrected chi connectivity index (χ4v) is 2.88. The molecule has 0 bridgehead atoms. The molecule has 1 N–H and O–H groups in total. The molecule has 0 radical (unpaired) electrons. The number of hydrogen-bond acceptors (Lipinski definition) is 2. The summed E-state index contributed by atoms with van der Waals surface area (Å²) in [7, 11) is 0. The average Bonchev–Trinajstić information content (AvgIpc) is 2.54. The summed E-state index contributed by atoms with van der Waals surface area (Å²) in [5.41, 5.74) is 2.38. The van der Waals surface area contributed by atoms with Gasteiger partial charge in [0.25, 0.3) is 0 Å². The first kappa shape index (κ1) is 15.6. The number of carbonyl (C=O) groups excluding carboxylic acids is 1. The van der Waals surface area contributed by atoms with Crippen LogP contribution in [-0.2, 0) is 10.5 Å². The number of amides is 1. The van der Waals surface area contributed by atoms with Gasteiger partial charge in [0.2, 0.25) is 5.91 Å². The van der Waals surface area contributed by atoms with Crippen LogP contribution in [0.2, 0.25) is 0 Å². The van der Waals surface area contributed by atoms with Crippen LogP contribution in [0.3, 0.4) is 0 Å². The number of benzene rings is 2. The van der Waals surface area contributed by atoms with Crippen LogP contribution >= 0.6 is 11.8 Å². The van der Waals surface area contributed by atoms with Gasteiger partial charge < -0.3 is 5.32 Å². The van der Waals surface area contributed by atoms with Crippen molar-refractivity contribution < 1.29 is 4.79 Å². The predicted molar refractivity (Wildman–Crippen MR) is 90.2 cm³/mol. The van der Waals surface area contributed by atoms with Gasteiger partial charge in [0.05, 0.1) is 11.3 Å². The zero-order chi connectivity index (χ0) is 15.1. The molecular formula is C18H21NOS. The van der Waals surface area contributed by atoms with Crippen LogP contribution < -0.4 is 5.32 Å². The minimum Gasteiger partial charge on any atom is -0.349 e. The molecule has 0 fully saturated rings. The largest absolute Gasteiger partial charge is 0.349 e. The third-order valence-electron chi connectivity index (χ3n) is 3.37. The van der Waals surface area contributed by atoms with Crippen molar-refractivity contribution in [2.45, 2.75) is 30.9 Å². The van der Waals surface area contributed by atoms with E-state index in [9.17, 15) is 4.79 Å². The van der Waals surface area contributed by atoms with Gasteiger partial charge in [-0.1, -0.05) is 60.7 Å². The Bertz CT molecular complexity index is 556. The quantitative estimate of drug-likeness (QED) is 0.866. The molecule has 21 heavy (non-hydrogen) atoms. The van der Waals surface area contributed by atoms with Gasteiger partial charge in [-0.15, -0.1) is 11.8 Å². The van der Waals surface area contributed by atoms with E-state index in [2.05, 4.69) is 17.4 Å². The molecule has 0 saturated heterocycles. The summed E-state index contributed by atoms with van der Waals surface area (Å²) >= 11 is 1.66. The number of carbonyl (C=O) groups is 1. The van der Waals surface area contributed by atoms with Gasteiger partial charge in [-0.3, -0.25) is 4.79 Å². The molecule has 1 unspecified atom stereocenters. The van der Waals surface area contributed by atoms with E-state index in [1.165, 1.54) is 5.56 Å². The van der Waals surface area contributed by atoms with Crippen LogP contribution in [0.5, 0.6) is 0 Å². The van der Waals surface area contributed by atoms with Crippen LogP contribution in [-0.4, -0.2) is 11.2 Å². The van der Waals surface area contributed by atoms with Crippen LogP contribution in [0.15, 0.2) is 60.7 Å². The molecule has 2 aromatic carbocycles.